The average Bonchev–Trinajstić information content (AvgIpc) is 3.32. The van der Waals surface area contributed by atoms with E-state index in [2.05, 4.69) is 20.7 Å². The lowest BCUT2D eigenvalue weighted by Gasteiger charge is -2.49. The van der Waals surface area contributed by atoms with Crippen LogP contribution >= 0.6 is 11.6 Å². The Morgan fingerprint density at radius 1 is 1.33 bits per heavy atom. The summed E-state index contributed by atoms with van der Waals surface area (Å²) in [5.41, 5.74) is 0.584. The number of aromatic nitrogens is 3. The van der Waals surface area contributed by atoms with Crippen molar-refractivity contribution in [2.75, 3.05) is 26.3 Å². The second-order valence-corrected chi connectivity index (χ2v) is 7.57. The molecule has 2 fully saturated rings. The van der Waals surface area contributed by atoms with E-state index in [9.17, 15) is 9.59 Å². The van der Waals surface area contributed by atoms with E-state index in [0.29, 0.717) is 37.7 Å². The van der Waals surface area contributed by atoms with Crippen molar-refractivity contribution in [1.29, 1.82) is 0 Å². The highest BCUT2D eigenvalue weighted by molar-refractivity contribution is 6.30. The monoisotopic (exact) mass is 389 g/mol. The number of halogens is 1. The minimum absolute atomic E-state index is 0.0277. The minimum Gasteiger partial charge on any atom is -0.379 e. The van der Waals surface area contributed by atoms with E-state index in [1.165, 1.54) is 6.20 Å². The zero-order chi connectivity index (χ0) is 18.9. The molecule has 2 aromatic rings. The summed E-state index contributed by atoms with van der Waals surface area (Å²) in [6, 6.07) is 7.48. The molecule has 2 saturated heterocycles. The van der Waals surface area contributed by atoms with Crippen molar-refractivity contribution in [2.24, 2.45) is 5.41 Å². The first-order chi connectivity index (χ1) is 13.1. The average molecular weight is 390 g/mol. The van der Waals surface area contributed by atoms with Gasteiger partial charge in [0.1, 0.15) is 0 Å². The van der Waals surface area contributed by atoms with E-state index < -0.39 is 5.41 Å². The maximum absolute atomic E-state index is 13.1. The Morgan fingerprint density at radius 3 is 2.74 bits per heavy atom. The second kappa shape index (κ2) is 7.28. The molecule has 2 amide bonds. The molecule has 142 valence electrons. The number of hydrogen-bond acceptors (Lipinski definition) is 5. The third-order valence-corrected chi connectivity index (χ3v) is 5.36. The van der Waals surface area contributed by atoms with Crippen LogP contribution in [0.15, 0.2) is 30.5 Å². The van der Waals surface area contributed by atoms with E-state index in [1.807, 2.05) is 24.3 Å². The van der Waals surface area contributed by atoms with Crippen molar-refractivity contribution >= 4 is 23.4 Å². The fourth-order valence-corrected chi connectivity index (χ4v) is 3.74. The van der Waals surface area contributed by atoms with Gasteiger partial charge in [0.05, 0.1) is 24.3 Å². The van der Waals surface area contributed by atoms with Crippen molar-refractivity contribution in [2.45, 2.75) is 18.9 Å². The number of ether oxygens (including phenoxy) is 1. The molecule has 1 atom stereocenters. The molecule has 2 N–H and O–H groups in total. The number of aromatic amines is 1. The summed E-state index contributed by atoms with van der Waals surface area (Å²) >= 11 is 5.97. The Bertz CT molecular complexity index is 812. The van der Waals surface area contributed by atoms with Crippen LogP contribution in [-0.2, 0) is 16.0 Å². The summed E-state index contributed by atoms with van der Waals surface area (Å²) in [4.78, 5) is 27.2. The van der Waals surface area contributed by atoms with Crippen molar-refractivity contribution < 1.29 is 14.3 Å². The SMILES string of the molecule is O=C(c1cn[nH]n1)N1CC(Cc2ccc(Cl)cc2)(C(=O)NC2CCOC2)C1. The molecule has 1 unspecified atom stereocenters. The quantitative estimate of drug-likeness (QED) is 0.796. The van der Waals surface area contributed by atoms with E-state index in [4.69, 9.17) is 16.3 Å². The zero-order valence-electron chi connectivity index (χ0n) is 14.7. The lowest BCUT2D eigenvalue weighted by molar-refractivity contribution is -0.140. The number of nitrogens with zero attached hydrogens (tertiary/aromatic N) is 3. The fourth-order valence-electron chi connectivity index (χ4n) is 3.61. The summed E-state index contributed by atoms with van der Waals surface area (Å²) in [6.45, 7) is 1.86. The maximum atomic E-state index is 13.1. The summed E-state index contributed by atoms with van der Waals surface area (Å²) in [5.74, 6) is -0.273. The van der Waals surface area contributed by atoms with Gasteiger partial charge in [-0.2, -0.15) is 15.4 Å². The fraction of sp³-hybridized carbons (Fsp3) is 0.444. The highest BCUT2D eigenvalue weighted by Gasteiger charge is 2.51. The molecule has 0 radical (unpaired) electrons. The molecule has 1 aromatic heterocycles. The van der Waals surface area contributed by atoms with E-state index in [1.54, 1.807) is 4.90 Å². The van der Waals surface area contributed by atoms with E-state index in [-0.39, 0.29) is 23.6 Å². The molecule has 0 saturated carbocycles. The van der Waals surface area contributed by atoms with Crippen LogP contribution in [0.1, 0.15) is 22.5 Å². The first kappa shape index (κ1) is 17.9. The first-order valence-corrected chi connectivity index (χ1v) is 9.22. The molecule has 9 heteroatoms. The summed E-state index contributed by atoms with van der Waals surface area (Å²) in [6.07, 6.45) is 2.73. The third-order valence-electron chi connectivity index (χ3n) is 5.11. The number of amides is 2. The molecule has 2 aliphatic heterocycles. The van der Waals surface area contributed by atoms with Gasteiger partial charge in [0.25, 0.3) is 5.91 Å². The van der Waals surface area contributed by atoms with Gasteiger partial charge in [-0.05, 0) is 30.5 Å². The predicted octanol–water partition coefficient (Wildman–Crippen LogP) is 1.05. The summed E-state index contributed by atoms with van der Waals surface area (Å²) in [5, 5.41) is 13.7. The Labute approximate surface area is 161 Å². The second-order valence-electron chi connectivity index (χ2n) is 7.13. The van der Waals surface area contributed by atoms with Crippen LogP contribution in [-0.4, -0.2) is 64.5 Å². The van der Waals surface area contributed by atoms with E-state index in [0.717, 1.165) is 12.0 Å². The van der Waals surface area contributed by atoms with Crippen molar-refractivity contribution in [3.63, 3.8) is 0 Å². The van der Waals surface area contributed by atoms with Gasteiger partial charge in [-0.3, -0.25) is 9.59 Å². The normalized spacial score (nSPS) is 20.9. The number of nitrogens with one attached hydrogen (secondary N) is 2. The molecule has 3 heterocycles. The number of carbonyl (C=O) groups is 2. The first-order valence-electron chi connectivity index (χ1n) is 8.84. The van der Waals surface area contributed by atoms with Gasteiger partial charge in [-0.25, -0.2) is 0 Å². The molecule has 0 spiro atoms. The lowest BCUT2D eigenvalue weighted by atomic mass is 9.73. The highest BCUT2D eigenvalue weighted by atomic mass is 35.5. The van der Waals surface area contributed by atoms with Crippen LogP contribution in [0.3, 0.4) is 0 Å². The molecule has 8 nitrogen and oxygen atoms in total. The Morgan fingerprint density at radius 2 is 2.11 bits per heavy atom. The standard InChI is InChI=1S/C18H20ClN5O3/c19-13-3-1-12(2-4-13)7-18(17(26)21-14-5-6-27-9-14)10-24(11-18)16(25)15-8-20-23-22-15/h1-4,8,14H,5-7,9-11H2,(H,21,26)(H,20,22,23). The molecule has 2 aliphatic rings. The Hall–Kier alpha value is -2.45. The number of H-pyrrole nitrogens is 1. The van der Waals surface area contributed by atoms with Crippen LogP contribution in [0.5, 0.6) is 0 Å². The molecular weight excluding hydrogens is 370 g/mol. The molecule has 0 bridgehead atoms. The molecule has 4 rings (SSSR count). The van der Waals surface area contributed by atoms with Gasteiger partial charge in [-0.15, -0.1) is 0 Å². The van der Waals surface area contributed by atoms with Gasteiger partial charge < -0.3 is 15.0 Å². The number of likely N-dealkylation sites (tertiary alicyclic amines) is 1. The van der Waals surface area contributed by atoms with Gasteiger partial charge in [-0.1, -0.05) is 23.7 Å². The van der Waals surface area contributed by atoms with Crippen molar-refractivity contribution in [3.8, 4) is 0 Å². The van der Waals surface area contributed by atoms with Crippen molar-refractivity contribution in [1.82, 2.24) is 25.6 Å². The van der Waals surface area contributed by atoms with Gasteiger partial charge >= 0.3 is 0 Å². The number of rotatable bonds is 5. The van der Waals surface area contributed by atoms with Gasteiger partial charge in [0, 0.05) is 24.7 Å². The largest absolute Gasteiger partial charge is 0.379 e. The molecular formula is C18H20ClN5O3. The molecule has 0 aliphatic carbocycles. The number of benzene rings is 1. The number of carbonyl (C=O) groups excluding carboxylic acids is 2. The number of hydrogen-bond donors (Lipinski definition) is 2. The van der Waals surface area contributed by atoms with Gasteiger partial charge in [0.15, 0.2) is 5.69 Å². The predicted molar refractivity (Wildman–Crippen MR) is 97.2 cm³/mol. The van der Waals surface area contributed by atoms with Gasteiger partial charge in [0.2, 0.25) is 5.91 Å². The summed E-state index contributed by atoms with van der Waals surface area (Å²) in [7, 11) is 0. The van der Waals surface area contributed by atoms with Crippen LogP contribution < -0.4 is 5.32 Å². The molecule has 1 aromatic carbocycles. The topological polar surface area (TPSA) is 100 Å². The van der Waals surface area contributed by atoms with Crippen LogP contribution in [0, 0.1) is 5.41 Å². The Kier molecular flexibility index (Phi) is 4.84. The smallest absolute Gasteiger partial charge is 0.276 e. The Balaban J connectivity index is 1.50. The third kappa shape index (κ3) is 3.68. The van der Waals surface area contributed by atoms with Crippen LogP contribution in [0.25, 0.3) is 0 Å². The summed E-state index contributed by atoms with van der Waals surface area (Å²) < 4.78 is 5.35. The molecule has 27 heavy (non-hydrogen) atoms. The van der Waals surface area contributed by atoms with Crippen molar-refractivity contribution in [3.05, 3.63) is 46.7 Å². The van der Waals surface area contributed by atoms with Crippen LogP contribution in [0.2, 0.25) is 5.02 Å². The maximum Gasteiger partial charge on any atom is 0.276 e. The minimum atomic E-state index is -0.671. The highest BCUT2D eigenvalue weighted by Crippen LogP contribution is 2.36. The zero-order valence-corrected chi connectivity index (χ0v) is 15.4. The van der Waals surface area contributed by atoms with E-state index >= 15 is 0 Å². The lowest BCUT2D eigenvalue weighted by Crippen LogP contribution is -2.66. The van der Waals surface area contributed by atoms with Crippen LogP contribution in [0.4, 0.5) is 0 Å².